The average molecular weight is 372 g/mol. The minimum absolute atomic E-state index is 0.0319. The minimum atomic E-state index is -0.115. The topological polar surface area (TPSA) is 97.6 Å². The van der Waals surface area contributed by atoms with E-state index in [9.17, 15) is 9.59 Å². The summed E-state index contributed by atoms with van der Waals surface area (Å²) in [5, 5.41) is 6.64. The van der Waals surface area contributed by atoms with Gasteiger partial charge in [-0.15, -0.1) is 0 Å². The van der Waals surface area contributed by atoms with Crippen LogP contribution in [0.2, 0.25) is 0 Å². The van der Waals surface area contributed by atoms with Gasteiger partial charge in [0.2, 0.25) is 5.91 Å². The van der Waals surface area contributed by atoms with Gasteiger partial charge in [-0.1, -0.05) is 23.4 Å². The second-order valence-corrected chi connectivity index (χ2v) is 6.64. The van der Waals surface area contributed by atoms with Gasteiger partial charge in [-0.2, -0.15) is 4.98 Å². The Labute approximate surface area is 157 Å². The van der Waals surface area contributed by atoms with Crippen molar-refractivity contribution in [2.45, 2.75) is 32.9 Å². The van der Waals surface area contributed by atoms with Crippen molar-refractivity contribution in [3.05, 3.63) is 47.1 Å². The van der Waals surface area contributed by atoms with Crippen molar-refractivity contribution < 1.29 is 18.8 Å². The van der Waals surface area contributed by atoms with Gasteiger partial charge in [0.15, 0.2) is 5.82 Å². The molecule has 0 spiro atoms. The molecule has 0 unspecified atom stereocenters. The van der Waals surface area contributed by atoms with Crippen molar-refractivity contribution >= 4 is 11.8 Å². The van der Waals surface area contributed by atoms with Gasteiger partial charge in [0.1, 0.15) is 6.61 Å². The van der Waals surface area contributed by atoms with E-state index in [1.165, 1.54) is 0 Å². The van der Waals surface area contributed by atoms with Crippen molar-refractivity contribution in [2.24, 2.45) is 5.92 Å². The third kappa shape index (κ3) is 4.71. The van der Waals surface area contributed by atoms with E-state index in [0.717, 1.165) is 11.1 Å². The number of hydrogen-bond donors (Lipinski definition) is 1. The fourth-order valence-corrected chi connectivity index (χ4v) is 3.18. The molecule has 1 aliphatic heterocycles. The zero-order valence-corrected chi connectivity index (χ0v) is 15.6. The molecule has 27 heavy (non-hydrogen) atoms. The maximum atomic E-state index is 12.7. The third-order valence-electron chi connectivity index (χ3n) is 4.73. The summed E-state index contributed by atoms with van der Waals surface area (Å²) in [6, 6.07) is 7.57. The van der Waals surface area contributed by atoms with Gasteiger partial charge in [-0.25, -0.2) is 0 Å². The predicted octanol–water partition coefficient (Wildman–Crippen LogP) is 1.69. The van der Waals surface area contributed by atoms with Crippen LogP contribution in [-0.2, 0) is 22.7 Å². The molecule has 8 nitrogen and oxygen atoms in total. The van der Waals surface area contributed by atoms with Crippen LogP contribution < -0.4 is 5.32 Å². The summed E-state index contributed by atoms with van der Waals surface area (Å²) in [5.74, 6) is 0.670. The first-order valence-electron chi connectivity index (χ1n) is 9.01. The lowest BCUT2D eigenvalue weighted by atomic mass is 9.95. The summed E-state index contributed by atoms with van der Waals surface area (Å²) in [7, 11) is 1.54. The molecule has 1 aromatic heterocycles. The summed E-state index contributed by atoms with van der Waals surface area (Å²) in [6.45, 7) is 3.54. The normalized spacial score (nSPS) is 15.0. The first-order chi connectivity index (χ1) is 13.1. The van der Waals surface area contributed by atoms with E-state index in [-0.39, 0.29) is 30.9 Å². The number of nitrogens with one attached hydrogen (secondary N) is 1. The first-order valence-corrected chi connectivity index (χ1v) is 9.01. The number of amides is 2. The van der Waals surface area contributed by atoms with Gasteiger partial charge in [0, 0.05) is 31.7 Å². The quantitative estimate of drug-likeness (QED) is 0.829. The standard InChI is InChI=1S/C19H24N4O4/c1-13-5-3-4-6-15(13)19(25)23-9-7-14(8-10-23)18(24)20-11-16-21-17(12-26-2)27-22-16/h3-6,14H,7-12H2,1-2H3,(H,20,24). The highest BCUT2D eigenvalue weighted by Crippen LogP contribution is 2.20. The molecule has 1 fully saturated rings. The van der Waals surface area contributed by atoms with Crippen LogP contribution in [0.25, 0.3) is 0 Å². The zero-order valence-electron chi connectivity index (χ0n) is 15.6. The number of aromatic nitrogens is 2. The fourth-order valence-electron chi connectivity index (χ4n) is 3.18. The van der Waals surface area contributed by atoms with E-state index in [1.807, 2.05) is 36.1 Å². The highest BCUT2D eigenvalue weighted by molar-refractivity contribution is 5.95. The van der Waals surface area contributed by atoms with Crippen LogP contribution in [0.1, 0.15) is 40.5 Å². The molecule has 0 atom stereocenters. The molecule has 0 radical (unpaired) electrons. The Morgan fingerprint density at radius 3 is 2.74 bits per heavy atom. The average Bonchev–Trinajstić information content (AvgIpc) is 3.14. The molecular weight excluding hydrogens is 348 g/mol. The van der Waals surface area contributed by atoms with Crippen LogP contribution >= 0.6 is 0 Å². The number of hydrogen-bond acceptors (Lipinski definition) is 6. The molecule has 0 aliphatic carbocycles. The van der Waals surface area contributed by atoms with Gasteiger partial charge in [-0.3, -0.25) is 9.59 Å². The van der Waals surface area contributed by atoms with E-state index >= 15 is 0 Å². The third-order valence-corrected chi connectivity index (χ3v) is 4.73. The summed E-state index contributed by atoms with van der Waals surface area (Å²) < 4.78 is 9.91. The van der Waals surface area contributed by atoms with Crippen molar-refractivity contribution in [3.8, 4) is 0 Å². The van der Waals surface area contributed by atoms with Crippen LogP contribution in [-0.4, -0.2) is 47.1 Å². The highest BCUT2D eigenvalue weighted by Gasteiger charge is 2.28. The first kappa shape index (κ1) is 19.0. The van der Waals surface area contributed by atoms with Gasteiger partial charge >= 0.3 is 0 Å². The second kappa shape index (κ2) is 8.77. The van der Waals surface area contributed by atoms with Crippen molar-refractivity contribution in [1.29, 1.82) is 0 Å². The van der Waals surface area contributed by atoms with Crippen LogP contribution in [0.15, 0.2) is 28.8 Å². The van der Waals surface area contributed by atoms with E-state index in [0.29, 0.717) is 37.6 Å². The molecule has 2 aromatic rings. The van der Waals surface area contributed by atoms with Gasteiger partial charge < -0.3 is 19.5 Å². The van der Waals surface area contributed by atoms with Crippen LogP contribution in [0.4, 0.5) is 0 Å². The maximum absolute atomic E-state index is 12.7. The largest absolute Gasteiger partial charge is 0.375 e. The smallest absolute Gasteiger partial charge is 0.254 e. The molecule has 8 heteroatoms. The number of ether oxygens (including phenoxy) is 1. The minimum Gasteiger partial charge on any atom is -0.375 e. The molecule has 1 N–H and O–H groups in total. The van der Waals surface area contributed by atoms with Crippen LogP contribution in [0, 0.1) is 12.8 Å². The SMILES string of the molecule is COCc1nc(CNC(=O)C2CCN(C(=O)c3ccccc3C)CC2)no1. The van der Waals surface area contributed by atoms with Crippen molar-refractivity contribution in [1.82, 2.24) is 20.4 Å². The zero-order chi connectivity index (χ0) is 19.2. The van der Waals surface area contributed by atoms with Crippen LogP contribution in [0.3, 0.4) is 0 Å². The Kier molecular flexibility index (Phi) is 6.18. The Bertz CT molecular complexity index is 797. The number of piperidine rings is 1. The fraction of sp³-hybridized carbons (Fsp3) is 0.474. The monoisotopic (exact) mass is 372 g/mol. The molecule has 1 saturated heterocycles. The highest BCUT2D eigenvalue weighted by atomic mass is 16.5. The lowest BCUT2D eigenvalue weighted by Gasteiger charge is -2.31. The molecule has 3 rings (SSSR count). The second-order valence-electron chi connectivity index (χ2n) is 6.64. The Morgan fingerprint density at radius 2 is 2.04 bits per heavy atom. The molecule has 1 aliphatic rings. The van der Waals surface area contributed by atoms with Crippen LogP contribution in [0.5, 0.6) is 0 Å². The predicted molar refractivity (Wildman–Crippen MR) is 96.7 cm³/mol. The summed E-state index contributed by atoms with van der Waals surface area (Å²) in [4.78, 5) is 31.0. The molecule has 2 heterocycles. The van der Waals surface area contributed by atoms with E-state index in [2.05, 4.69) is 15.5 Å². The van der Waals surface area contributed by atoms with Gasteiger partial charge in [0.25, 0.3) is 11.8 Å². The Hall–Kier alpha value is -2.74. The lowest BCUT2D eigenvalue weighted by molar-refractivity contribution is -0.126. The summed E-state index contributed by atoms with van der Waals surface area (Å²) in [6.07, 6.45) is 1.29. The van der Waals surface area contributed by atoms with Gasteiger partial charge in [-0.05, 0) is 31.4 Å². The number of likely N-dealkylation sites (tertiary alicyclic amines) is 1. The number of carbonyl (C=O) groups is 2. The summed E-state index contributed by atoms with van der Waals surface area (Å²) >= 11 is 0. The van der Waals surface area contributed by atoms with Gasteiger partial charge in [0.05, 0.1) is 6.54 Å². The summed E-state index contributed by atoms with van der Waals surface area (Å²) in [5.41, 5.74) is 1.69. The Morgan fingerprint density at radius 1 is 1.30 bits per heavy atom. The van der Waals surface area contributed by atoms with E-state index in [1.54, 1.807) is 7.11 Å². The number of aryl methyl sites for hydroxylation is 1. The number of carbonyl (C=O) groups excluding carboxylic acids is 2. The molecule has 0 saturated carbocycles. The molecular formula is C19H24N4O4. The number of rotatable bonds is 6. The van der Waals surface area contributed by atoms with Crippen molar-refractivity contribution in [2.75, 3.05) is 20.2 Å². The number of benzene rings is 1. The van der Waals surface area contributed by atoms with E-state index < -0.39 is 0 Å². The molecule has 144 valence electrons. The van der Waals surface area contributed by atoms with Crippen molar-refractivity contribution in [3.63, 3.8) is 0 Å². The number of methoxy groups -OCH3 is 1. The molecule has 2 amide bonds. The van der Waals surface area contributed by atoms with E-state index in [4.69, 9.17) is 9.26 Å². The lowest BCUT2D eigenvalue weighted by Crippen LogP contribution is -2.43. The Balaban J connectivity index is 1.47. The maximum Gasteiger partial charge on any atom is 0.254 e. The number of nitrogens with zero attached hydrogens (tertiary/aromatic N) is 3. The molecule has 0 bridgehead atoms. The molecule has 1 aromatic carbocycles.